The van der Waals surface area contributed by atoms with Crippen LogP contribution in [0.2, 0.25) is 0 Å². The van der Waals surface area contributed by atoms with E-state index in [1.54, 1.807) is 22.7 Å². The topological polar surface area (TPSA) is 56.6 Å². The number of pyridine rings is 1. The second-order valence-corrected chi connectivity index (χ2v) is 8.73. The van der Waals surface area contributed by atoms with Crippen LogP contribution in [0, 0.1) is 17.6 Å². The van der Waals surface area contributed by atoms with E-state index in [0.717, 1.165) is 5.03 Å². The SMILES string of the molecule is CC(C)Sc1cccc(-c2cc(F)c(N3CCC(CC(O)O)C3)c(F)c2)n1. The highest BCUT2D eigenvalue weighted by Crippen LogP contribution is 2.34. The lowest BCUT2D eigenvalue weighted by Crippen LogP contribution is -2.23. The quantitative estimate of drug-likeness (QED) is 0.572. The van der Waals surface area contributed by atoms with Crippen molar-refractivity contribution < 1.29 is 19.0 Å². The molecule has 0 radical (unpaired) electrons. The second-order valence-electron chi connectivity index (χ2n) is 7.13. The van der Waals surface area contributed by atoms with Gasteiger partial charge in [0.25, 0.3) is 0 Å². The molecule has 0 saturated carbocycles. The van der Waals surface area contributed by atoms with Gasteiger partial charge >= 0.3 is 0 Å². The first-order valence-corrected chi connectivity index (χ1v) is 9.95. The number of nitrogens with zero attached hydrogens (tertiary/aromatic N) is 2. The molecule has 2 N–H and O–H groups in total. The minimum absolute atomic E-state index is 0.00915. The maximum Gasteiger partial charge on any atom is 0.151 e. The van der Waals surface area contributed by atoms with Crippen molar-refractivity contribution >= 4 is 17.4 Å². The second kappa shape index (κ2) is 8.54. The Morgan fingerprint density at radius 1 is 1.22 bits per heavy atom. The van der Waals surface area contributed by atoms with Crippen molar-refractivity contribution in [2.75, 3.05) is 18.0 Å². The van der Waals surface area contributed by atoms with Gasteiger partial charge in [0.2, 0.25) is 0 Å². The molecule has 2 aromatic rings. The third kappa shape index (κ3) is 4.97. The minimum atomic E-state index is -1.39. The molecule has 146 valence electrons. The number of aliphatic hydroxyl groups is 2. The number of thioether (sulfide) groups is 1. The van der Waals surface area contributed by atoms with Crippen LogP contribution in [0.15, 0.2) is 35.4 Å². The Balaban J connectivity index is 1.84. The number of rotatable bonds is 6. The Kier molecular flexibility index (Phi) is 6.34. The van der Waals surface area contributed by atoms with E-state index in [4.69, 9.17) is 10.2 Å². The molecule has 0 aliphatic carbocycles. The first-order chi connectivity index (χ1) is 12.8. The van der Waals surface area contributed by atoms with Gasteiger partial charge in [-0.15, -0.1) is 11.8 Å². The van der Waals surface area contributed by atoms with E-state index in [-0.39, 0.29) is 18.0 Å². The molecule has 0 spiro atoms. The zero-order valence-electron chi connectivity index (χ0n) is 15.4. The molecule has 3 rings (SSSR count). The number of aromatic nitrogens is 1. The molecule has 1 aromatic carbocycles. The molecule has 27 heavy (non-hydrogen) atoms. The number of anilines is 1. The summed E-state index contributed by atoms with van der Waals surface area (Å²) in [7, 11) is 0. The van der Waals surface area contributed by atoms with Crippen LogP contribution in [0.25, 0.3) is 11.3 Å². The van der Waals surface area contributed by atoms with Crippen molar-refractivity contribution in [1.29, 1.82) is 0 Å². The monoisotopic (exact) mass is 394 g/mol. The summed E-state index contributed by atoms with van der Waals surface area (Å²) in [4.78, 5) is 6.14. The summed E-state index contributed by atoms with van der Waals surface area (Å²) < 4.78 is 29.5. The molecule has 1 atom stereocenters. The summed E-state index contributed by atoms with van der Waals surface area (Å²) in [6.45, 7) is 5.02. The largest absolute Gasteiger partial charge is 0.368 e. The van der Waals surface area contributed by atoms with Crippen LogP contribution in [0.4, 0.5) is 14.5 Å². The lowest BCUT2D eigenvalue weighted by molar-refractivity contribution is -0.0541. The van der Waals surface area contributed by atoms with Gasteiger partial charge in [0.1, 0.15) is 17.3 Å². The van der Waals surface area contributed by atoms with E-state index in [1.165, 1.54) is 12.1 Å². The van der Waals surface area contributed by atoms with Crippen LogP contribution in [0.3, 0.4) is 0 Å². The molecule has 1 saturated heterocycles. The average Bonchev–Trinajstić information content (AvgIpc) is 3.01. The van der Waals surface area contributed by atoms with Gasteiger partial charge in [0.15, 0.2) is 6.29 Å². The van der Waals surface area contributed by atoms with E-state index < -0.39 is 17.9 Å². The van der Waals surface area contributed by atoms with Crippen molar-refractivity contribution in [2.24, 2.45) is 5.92 Å². The maximum absolute atomic E-state index is 14.7. The van der Waals surface area contributed by atoms with Gasteiger partial charge in [-0.25, -0.2) is 13.8 Å². The lowest BCUT2D eigenvalue weighted by Gasteiger charge is -2.21. The summed E-state index contributed by atoms with van der Waals surface area (Å²) in [5.41, 5.74) is 0.885. The molecule has 1 aliphatic heterocycles. The van der Waals surface area contributed by atoms with E-state index in [1.807, 2.05) is 12.1 Å². The highest BCUT2D eigenvalue weighted by atomic mass is 32.2. The van der Waals surface area contributed by atoms with Crippen molar-refractivity contribution in [2.45, 2.75) is 43.3 Å². The van der Waals surface area contributed by atoms with Crippen molar-refractivity contribution in [3.05, 3.63) is 42.0 Å². The fourth-order valence-electron chi connectivity index (χ4n) is 3.42. The Labute approximate surface area is 162 Å². The molecule has 0 amide bonds. The van der Waals surface area contributed by atoms with Gasteiger partial charge in [-0.2, -0.15) is 0 Å². The van der Waals surface area contributed by atoms with Crippen molar-refractivity contribution in [3.8, 4) is 11.3 Å². The van der Waals surface area contributed by atoms with Gasteiger partial charge in [-0.05, 0) is 36.6 Å². The number of halogens is 2. The molecule has 1 aromatic heterocycles. The van der Waals surface area contributed by atoms with E-state index >= 15 is 0 Å². The Morgan fingerprint density at radius 3 is 2.56 bits per heavy atom. The van der Waals surface area contributed by atoms with Crippen molar-refractivity contribution in [3.63, 3.8) is 0 Å². The summed E-state index contributed by atoms with van der Waals surface area (Å²) in [5, 5.41) is 19.4. The molecule has 0 bridgehead atoms. The third-order valence-electron chi connectivity index (χ3n) is 4.54. The summed E-state index contributed by atoms with van der Waals surface area (Å²) >= 11 is 1.60. The van der Waals surface area contributed by atoms with Gasteiger partial charge in [0.05, 0.1) is 10.7 Å². The highest BCUT2D eigenvalue weighted by molar-refractivity contribution is 7.99. The smallest absolute Gasteiger partial charge is 0.151 e. The standard InChI is InChI=1S/C20H24F2N2O2S/c1-12(2)27-18-5-3-4-17(23-18)14-9-15(21)20(16(22)10-14)24-7-6-13(11-24)8-19(25)26/h3-5,9-10,12-13,19,25-26H,6-8,11H2,1-2H3. The molecule has 7 heteroatoms. The molecule has 1 aliphatic rings. The molecule has 1 unspecified atom stereocenters. The Hall–Kier alpha value is -1.70. The van der Waals surface area contributed by atoms with Gasteiger partial charge in [-0.3, -0.25) is 0 Å². The summed E-state index contributed by atoms with van der Waals surface area (Å²) in [6, 6.07) is 8.10. The average molecular weight is 394 g/mol. The fourth-order valence-corrected chi connectivity index (χ4v) is 4.22. The van der Waals surface area contributed by atoms with Crippen LogP contribution in [0.1, 0.15) is 26.7 Å². The van der Waals surface area contributed by atoms with E-state index in [0.29, 0.717) is 36.0 Å². The lowest BCUT2D eigenvalue weighted by atomic mass is 10.1. The summed E-state index contributed by atoms with van der Waals surface area (Å²) in [6.07, 6.45) is -0.509. The molecule has 4 nitrogen and oxygen atoms in total. The first-order valence-electron chi connectivity index (χ1n) is 9.07. The Morgan fingerprint density at radius 2 is 1.93 bits per heavy atom. The van der Waals surface area contributed by atoms with Crippen LogP contribution < -0.4 is 4.90 Å². The van der Waals surface area contributed by atoms with Crippen LogP contribution in [-0.2, 0) is 0 Å². The molecular weight excluding hydrogens is 370 g/mol. The van der Waals surface area contributed by atoms with Gasteiger partial charge in [0, 0.05) is 30.3 Å². The molecule has 1 fully saturated rings. The zero-order chi connectivity index (χ0) is 19.6. The maximum atomic E-state index is 14.7. The normalized spacial score (nSPS) is 17.3. The van der Waals surface area contributed by atoms with Crippen LogP contribution >= 0.6 is 11.8 Å². The first kappa shape index (κ1) is 20.0. The number of aliphatic hydroxyl groups excluding tert-OH is 1. The third-order valence-corrected chi connectivity index (χ3v) is 5.48. The van der Waals surface area contributed by atoms with Crippen LogP contribution in [0.5, 0.6) is 0 Å². The van der Waals surface area contributed by atoms with Crippen LogP contribution in [-0.4, -0.2) is 39.8 Å². The molecule has 2 heterocycles. The highest BCUT2D eigenvalue weighted by Gasteiger charge is 2.28. The van der Waals surface area contributed by atoms with E-state index in [9.17, 15) is 8.78 Å². The zero-order valence-corrected chi connectivity index (χ0v) is 16.2. The predicted octanol–water partition coefficient (Wildman–Crippen LogP) is 4.05. The van der Waals surface area contributed by atoms with Crippen molar-refractivity contribution in [1.82, 2.24) is 4.98 Å². The summed E-state index contributed by atoms with van der Waals surface area (Å²) in [5.74, 6) is -1.24. The van der Waals surface area contributed by atoms with Gasteiger partial charge < -0.3 is 15.1 Å². The molecular formula is C20H24F2N2O2S. The van der Waals surface area contributed by atoms with E-state index in [2.05, 4.69) is 18.8 Å². The number of hydrogen-bond donors (Lipinski definition) is 2. The predicted molar refractivity (Wildman–Crippen MR) is 104 cm³/mol. The van der Waals surface area contributed by atoms with Gasteiger partial charge in [-0.1, -0.05) is 19.9 Å². The number of hydrogen-bond acceptors (Lipinski definition) is 5. The minimum Gasteiger partial charge on any atom is -0.368 e. The number of benzene rings is 1. The fraction of sp³-hybridized carbons (Fsp3) is 0.450. The Bertz CT molecular complexity index is 778.